The summed E-state index contributed by atoms with van der Waals surface area (Å²) in [4.78, 5) is 8.29. The lowest BCUT2D eigenvalue weighted by molar-refractivity contribution is 0.318. The zero-order chi connectivity index (χ0) is 11.6. The molecule has 0 radical (unpaired) electrons. The molecule has 1 aliphatic rings. The van der Waals surface area contributed by atoms with E-state index < -0.39 is 10.0 Å². The second-order valence-electron chi connectivity index (χ2n) is 4.07. The maximum Gasteiger partial charge on any atom is 0.211 e. The van der Waals surface area contributed by atoms with Crippen molar-refractivity contribution in [2.24, 2.45) is 0 Å². The first-order valence-corrected chi connectivity index (χ1v) is 7.13. The van der Waals surface area contributed by atoms with Gasteiger partial charge in [0.1, 0.15) is 0 Å². The summed E-state index contributed by atoms with van der Waals surface area (Å²) in [6, 6.07) is 0. The van der Waals surface area contributed by atoms with Crippen molar-refractivity contribution in [1.82, 2.24) is 14.3 Å². The van der Waals surface area contributed by atoms with Gasteiger partial charge in [-0.25, -0.2) is 12.7 Å². The summed E-state index contributed by atoms with van der Waals surface area (Å²) < 4.78 is 24.2. The number of hydrogen-bond donors (Lipinski definition) is 0. The van der Waals surface area contributed by atoms with Crippen molar-refractivity contribution in [2.45, 2.75) is 18.8 Å². The van der Waals surface area contributed by atoms with E-state index in [9.17, 15) is 8.42 Å². The van der Waals surface area contributed by atoms with Crippen LogP contribution in [0.25, 0.3) is 0 Å². The summed E-state index contributed by atoms with van der Waals surface area (Å²) in [5, 5.41) is 0. The van der Waals surface area contributed by atoms with Gasteiger partial charge in [0.15, 0.2) is 0 Å². The molecule has 2 heterocycles. The molecule has 0 amide bonds. The lowest BCUT2D eigenvalue weighted by Gasteiger charge is -2.29. The molecule has 0 bridgehead atoms. The van der Waals surface area contributed by atoms with Crippen LogP contribution in [-0.2, 0) is 10.0 Å². The van der Waals surface area contributed by atoms with Crippen molar-refractivity contribution in [3.8, 4) is 0 Å². The summed E-state index contributed by atoms with van der Waals surface area (Å²) >= 11 is 0. The Hall–Kier alpha value is -1.01. The normalized spacial score (nSPS) is 19.8. The molecule has 0 spiro atoms. The van der Waals surface area contributed by atoms with Gasteiger partial charge in [-0.2, -0.15) is 0 Å². The summed E-state index contributed by atoms with van der Waals surface area (Å²) in [6.07, 6.45) is 8.00. The molecule has 0 saturated carbocycles. The largest absolute Gasteiger partial charge is 0.261 e. The molecular weight excluding hydrogens is 226 g/mol. The average molecular weight is 241 g/mol. The van der Waals surface area contributed by atoms with Crippen LogP contribution < -0.4 is 0 Å². The third kappa shape index (κ3) is 2.56. The molecule has 0 atom stereocenters. The molecule has 0 aliphatic carbocycles. The van der Waals surface area contributed by atoms with Gasteiger partial charge >= 0.3 is 0 Å². The predicted octanol–water partition coefficient (Wildman–Crippen LogP) is 0.616. The standard InChI is InChI=1S/C10H15N3O2S/c1-16(14,15)13-6-2-9(3-7-13)10-8-11-4-5-12-10/h4-5,8-9H,2-3,6-7H2,1H3. The quantitative estimate of drug-likeness (QED) is 0.761. The lowest BCUT2D eigenvalue weighted by atomic mass is 9.95. The number of nitrogens with zero attached hydrogens (tertiary/aromatic N) is 3. The number of piperidine rings is 1. The third-order valence-electron chi connectivity index (χ3n) is 2.92. The molecule has 2 rings (SSSR count). The fourth-order valence-electron chi connectivity index (χ4n) is 2.00. The summed E-state index contributed by atoms with van der Waals surface area (Å²) in [5.41, 5.74) is 0.968. The van der Waals surface area contributed by atoms with E-state index in [1.165, 1.54) is 10.6 Å². The van der Waals surface area contributed by atoms with Crippen molar-refractivity contribution < 1.29 is 8.42 Å². The van der Waals surface area contributed by atoms with E-state index in [1.807, 2.05) is 0 Å². The van der Waals surface area contributed by atoms with Crippen LogP contribution >= 0.6 is 0 Å². The highest BCUT2D eigenvalue weighted by molar-refractivity contribution is 7.88. The van der Waals surface area contributed by atoms with Crippen molar-refractivity contribution in [2.75, 3.05) is 19.3 Å². The highest BCUT2D eigenvalue weighted by atomic mass is 32.2. The molecule has 1 saturated heterocycles. The summed E-state index contributed by atoms with van der Waals surface area (Å²) in [5.74, 6) is 0.340. The van der Waals surface area contributed by atoms with Gasteiger partial charge in [0, 0.05) is 37.6 Å². The second kappa shape index (κ2) is 4.47. The van der Waals surface area contributed by atoms with Crippen LogP contribution in [0.15, 0.2) is 18.6 Å². The smallest absolute Gasteiger partial charge is 0.211 e. The highest BCUT2D eigenvalue weighted by Crippen LogP contribution is 2.26. The molecule has 1 aromatic heterocycles. The summed E-state index contributed by atoms with van der Waals surface area (Å²) in [7, 11) is -3.03. The molecular formula is C10H15N3O2S. The molecule has 1 aromatic rings. The topological polar surface area (TPSA) is 63.2 Å². The molecule has 5 nitrogen and oxygen atoms in total. The Labute approximate surface area is 95.6 Å². The van der Waals surface area contributed by atoms with Gasteiger partial charge in [-0.3, -0.25) is 9.97 Å². The van der Waals surface area contributed by atoms with Crippen LogP contribution in [0.4, 0.5) is 0 Å². The van der Waals surface area contributed by atoms with Crippen molar-refractivity contribution in [1.29, 1.82) is 0 Å². The van der Waals surface area contributed by atoms with Crippen LogP contribution in [-0.4, -0.2) is 42.0 Å². The fraction of sp³-hybridized carbons (Fsp3) is 0.600. The molecule has 0 N–H and O–H groups in total. The van der Waals surface area contributed by atoms with Crippen LogP contribution in [0, 0.1) is 0 Å². The van der Waals surface area contributed by atoms with Gasteiger partial charge in [-0.15, -0.1) is 0 Å². The van der Waals surface area contributed by atoms with Crippen molar-refractivity contribution in [3.63, 3.8) is 0 Å². The monoisotopic (exact) mass is 241 g/mol. The Balaban J connectivity index is 2.01. The molecule has 0 unspecified atom stereocenters. The van der Waals surface area contributed by atoms with E-state index in [4.69, 9.17) is 0 Å². The first-order valence-electron chi connectivity index (χ1n) is 5.28. The van der Waals surface area contributed by atoms with E-state index in [0.29, 0.717) is 19.0 Å². The predicted molar refractivity (Wildman–Crippen MR) is 60.4 cm³/mol. The van der Waals surface area contributed by atoms with Gasteiger partial charge in [0.2, 0.25) is 10.0 Å². The van der Waals surface area contributed by atoms with Gasteiger partial charge in [-0.1, -0.05) is 0 Å². The minimum absolute atomic E-state index is 0.340. The maximum atomic E-state index is 11.3. The maximum absolute atomic E-state index is 11.3. The van der Waals surface area contributed by atoms with Crippen LogP contribution in [0.2, 0.25) is 0 Å². The van der Waals surface area contributed by atoms with Gasteiger partial charge in [-0.05, 0) is 12.8 Å². The molecule has 6 heteroatoms. The molecule has 1 fully saturated rings. The van der Waals surface area contributed by atoms with E-state index in [2.05, 4.69) is 9.97 Å². The first-order chi connectivity index (χ1) is 7.57. The van der Waals surface area contributed by atoms with Gasteiger partial charge in [0.05, 0.1) is 11.9 Å². The Kier molecular flexibility index (Phi) is 3.20. The number of sulfonamides is 1. The molecule has 0 aromatic carbocycles. The molecule has 16 heavy (non-hydrogen) atoms. The van der Waals surface area contributed by atoms with E-state index in [-0.39, 0.29) is 0 Å². The zero-order valence-corrected chi connectivity index (χ0v) is 10.0. The fourth-order valence-corrected chi connectivity index (χ4v) is 2.88. The van der Waals surface area contributed by atoms with Crippen molar-refractivity contribution >= 4 is 10.0 Å². The zero-order valence-electron chi connectivity index (χ0n) is 9.20. The minimum atomic E-state index is -3.03. The van der Waals surface area contributed by atoms with E-state index in [1.54, 1.807) is 18.6 Å². The molecule has 88 valence electrons. The van der Waals surface area contributed by atoms with Gasteiger partial charge in [0.25, 0.3) is 0 Å². The molecule has 1 aliphatic heterocycles. The van der Waals surface area contributed by atoms with Crippen LogP contribution in [0.1, 0.15) is 24.5 Å². The average Bonchev–Trinajstić information content (AvgIpc) is 2.29. The third-order valence-corrected chi connectivity index (χ3v) is 4.23. The lowest BCUT2D eigenvalue weighted by Crippen LogP contribution is -2.37. The van der Waals surface area contributed by atoms with E-state index >= 15 is 0 Å². The van der Waals surface area contributed by atoms with Gasteiger partial charge < -0.3 is 0 Å². The summed E-state index contributed by atoms with van der Waals surface area (Å²) in [6.45, 7) is 1.17. The minimum Gasteiger partial charge on any atom is -0.261 e. The first kappa shape index (κ1) is 11.5. The highest BCUT2D eigenvalue weighted by Gasteiger charge is 2.26. The number of hydrogen-bond acceptors (Lipinski definition) is 4. The Morgan fingerprint density at radius 2 is 2.00 bits per heavy atom. The Bertz CT molecular complexity index is 438. The number of aromatic nitrogens is 2. The van der Waals surface area contributed by atoms with Crippen LogP contribution in [0.3, 0.4) is 0 Å². The number of rotatable bonds is 2. The second-order valence-corrected chi connectivity index (χ2v) is 6.05. The van der Waals surface area contributed by atoms with Crippen molar-refractivity contribution in [3.05, 3.63) is 24.3 Å². The van der Waals surface area contributed by atoms with Crippen LogP contribution in [0.5, 0.6) is 0 Å². The Morgan fingerprint density at radius 3 is 2.50 bits per heavy atom. The Morgan fingerprint density at radius 1 is 1.31 bits per heavy atom. The SMILES string of the molecule is CS(=O)(=O)N1CCC(c2cnccn2)CC1. The van der Waals surface area contributed by atoms with E-state index in [0.717, 1.165) is 18.5 Å².